The number of benzene rings is 1. The number of aromatic amines is 1. The third kappa shape index (κ3) is 4.24. The van der Waals surface area contributed by atoms with E-state index in [-0.39, 0.29) is 12.1 Å². The SMILES string of the molecule is CC(Nc1cccc2[nH]ncc12)C1CCCN(C(=O)OC(C)(C)C)C1. The number of fused-ring (bicyclic) bond motifs is 1. The van der Waals surface area contributed by atoms with Gasteiger partial charge in [0.05, 0.1) is 11.7 Å². The summed E-state index contributed by atoms with van der Waals surface area (Å²) in [7, 11) is 0. The first-order valence-corrected chi connectivity index (χ1v) is 9.00. The predicted molar refractivity (Wildman–Crippen MR) is 99.7 cm³/mol. The topological polar surface area (TPSA) is 70.2 Å². The number of hydrogen-bond donors (Lipinski definition) is 2. The van der Waals surface area contributed by atoms with Crippen LogP contribution in [0, 0.1) is 5.92 Å². The van der Waals surface area contributed by atoms with Crippen molar-refractivity contribution < 1.29 is 9.53 Å². The van der Waals surface area contributed by atoms with E-state index in [9.17, 15) is 4.79 Å². The van der Waals surface area contributed by atoms with E-state index in [1.165, 1.54) is 0 Å². The molecule has 2 N–H and O–H groups in total. The first-order chi connectivity index (χ1) is 11.8. The maximum Gasteiger partial charge on any atom is 0.410 e. The molecule has 1 aliphatic rings. The van der Waals surface area contributed by atoms with Crippen molar-refractivity contribution in [2.75, 3.05) is 18.4 Å². The predicted octanol–water partition coefficient (Wildman–Crippen LogP) is 4.01. The molecule has 1 saturated heterocycles. The molecule has 3 rings (SSSR count). The van der Waals surface area contributed by atoms with Gasteiger partial charge in [0, 0.05) is 30.2 Å². The molecule has 0 radical (unpaired) electrons. The number of H-pyrrole nitrogens is 1. The zero-order valence-corrected chi connectivity index (χ0v) is 15.5. The van der Waals surface area contributed by atoms with Crippen LogP contribution in [0.3, 0.4) is 0 Å². The van der Waals surface area contributed by atoms with E-state index in [2.05, 4.69) is 28.5 Å². The lowest BCUT2D eigenvalue weighted by atomic mass is 9.91. The van der Waals surface area contributed by atoms with Crippen molar-refractivity contribution in [2.45, 2.75) is 52.2 Å². The molecule has 2 unspecified atom stereocenters. The Balaban J connectivity index is 1.65. The van der Waals surface area contributed by atoms with E-state index in [4.69, 9.17) is 4.74 Å². The summed E-state index contributed by atoms with van der Waals surface area (Å²) in [4.78, 5) is 14.2. The minimum absolute atomic E-state index is 0.207. The fraction of sp³-hybridized carbons (Fsp3) is 0.579. The Labute approximate surface area is 148 Å². The third-order valence-corrected chi connectivity index (χ3v) is 4.68. The smallest absolute Gasteiger partial charge is 0.410 e. The van der Waals surface area contributed by atoms with Gasteiger partial charge in [0.1, 0.15) is 5.60 Å². The molecule has 1 fully saturated rings. The summed E-state index contributed by atoms with van der Waals surface area (Å²) >= 11 is 0. The number of carbonyl (C=O) groups excluding carboxylic acids is 1. The summed E-state index contributed by atoms with van der Waals surface area (Å²) in [5, 5.41) is 11.8. The van der Waals surface area contributed by atoms with Gasteiger partial charge in [-0.1, -0.05) is 6.07 Å². The largest absolute Gasteiger partial charge is 0.444 e. The summed E-state index contributed by atoms with van der Waals surface area (Å²) in [6.07, 6.45) is 3.75. The van der Waals surface area contributed by atoms with Crippen molar-refractivity contribution in [1.82, 2.24) is 15.1 Å². The molecule has 136 valence electrons. The first-order valence-electron chi connectivity index (χ1n) is 9.00. The molecule has 1 amide bonds. The molecule has 0 aliphatic carbocycles. The fourth-order valence-corrected chi connectivity index (χ4v) is 3.37. The Morgan fingerprint density at radius 3 is 3.00 bits per heavy atom. The molecule has 25 heavy (non-hydrogen) atoms. The van der Waals surface area contributed by atoms with E-state index >= 15 is 0 Å². The molecule has 0 bridgehead atoms. The Kier molecular flexibility index (Phi) is 4.88. The average molecular weight is 344 g/mol. The van der Waals surface area contributed by atoms with Crippen molar-refractivity contribution >= 4 is 22.7 Å². The number of rotatable bonds is 3. The van der Waals surface area contributed by atoms with Gasteiger partial charge >= 0.3 is 6.09 Å². The lowest BCUT2D eigenvalue weighted by molar-refractivity contribution is 0.0159. The minimum Gasteiger partial charge on any atom is -0.444 e. The van der Waals surface area contributed by atoms with Crippen LogP contribution in [0.1, 0.15) is 40.5 Å². The van der Waals surface area contributed by atoms with Gasteiger partial charge in [-0.05, 0) is 58.6 Å². The molecule has 1 aromatic carbocycles. The molecule has 0 spiro atoms. The van der Waals surface area contributed by atoms with Crippen LogP contribution in [0.2, 0.25) is 0 Å². The van der Waals surface area contributed by atoms with Crippen molar-refractivity contribution in [2.24, 2.45) is 5.92 Å². The molecule has 2 atom stereocenters. The average Bonchev–Trinajstić information content (AvgIpc) is 3.03. The zero-order chi connectivity index (χ0) is 18.0. The lowest BCUT2D eigenvalue weighted by Gasteiger charge is -2.37. The molecule has 0 saturated carbocycles. The van der Waals surface area contributed by atoms with E-state index in [1.807, 2.05) is 44.0 Å². The number of hydrogen-bond acceptors (Lipinski definition) is 4. The summed E-state index contributed by atoms with van der Waals surface area (Å²) in [5.74, 6) is 0.392. The highest BCUT2D eigenvalue weighted by atomic mass is 16.6. The van der Waals surface area contributed by atoms with E-state index < -0.39 is 5.60 Å². The second kappa shape index (κ2) is 6.94. The molecule has 6 heteroatoms. The van der Waals surface area contributed by atoms with Crippen LogP contribution >= 0.6 is 0 Å². The van der Waals surface area contributed by atoms with Crippen molar-refractivity contribution in [1.29, 1.82) is 0 Å². The molecule has 6 nitrogen and oxygen atoms in total. The van der Waals surface area contributed by atoms with Crippen LogP contribution in [0.25, 0.3) is 10.9 Å². The number of piperidine rings is 1. The number of likely N-dealkylation sites (tertiary alicyclic amines) is 1. The van der Waals surface area contributed by atoms with Gasteiger partial charge in [0.25, 0.3) is 0 Å². The molecule has 1 aliphatic heterocycles. The van der Waals surface area contributed by atoms with E-state index in [0.29, 0.717) is 5.92 Å². The summed E-state index contributed by atoms with van der Waals surface area (Å²) in [6.45, 7) is 9.40. The van der Waals surface area contributed by atoms with Gasteiger partial charge in [-0.25, -0.2) is 4.79 Å². The molecule has 1 aromatic heterocycles. The van der Waals surface area contributed by atoms with Crippen LogP contribution in [-0.2, 0) is 4.74 Å². The summed E-state index contributed by atoms with van der Waals surface area (Å²) in [5.41, 5.74) is 1.65. The Morgan fingerprint density at radius 1 is 1.44 bits per heavy atom. The minimum atomic E-state index is -0.454. The number of nitrogens with one attached hydrogen (secondary N) is 2. The number of aromatic nitrogens is 2. The van der Waals surface area contributed by atoms with Gasteiger partial charge in [-0.3, -0.25) is 5.10 Å². The van der Waals surface area contributed by atoms with Gasteiger partial charge < -0.3 is 15.0 Å². The second-order valence-corrected chi connectivity index (χ2v) is 7.90. The highest BCUT2D eigenvalue weighted by molar-refractivity contribution is 5.90. The second-order valence-electron chi connectivity index (χ2n) is 7.90. The maximum atomic E-state index is 12.4. The van der Waals surface area contributed by atoms with Gasteiger partial charge in [0.2, 0.25) is 0 Å². The number of nitrogens with zero attached hydrogens (tertiary/aromatic N) is 2. The monoisotopic (exact) mass is 344 g/mol. The Hall–Kier alpha value is -2.24. The van der Waals surface area contributed by atoms with Crippen molar-refractivity contribution in [3.05, 3.63) is 24.4 Å². The highest BCUT2D eigenvalue weighted by Crippen LogP contribution is 2.27. The van der Waals surface area contributed by atoms with Crippen molar-refractivity contribution in [3.8, 4) is 0 Å². The number of anilines is 1. The van der Waals surface area contributed by atoms with Crippen LogP contribution in [0.4, 0.5) is 10.5 Å². The Morgan fingerprint density at radius 2 is 2.24 bits per heavy atom. The van der Waals surface area contributed by atoms with Gasteiger partial charge in [0.15, 0.2) is 0 Å². The number of carbonyl (C=O) groups is 1. The van der Waals surface area contributed by atoms with Gasteiger partial charge in [-0.2, -0.15) is 5.10 Å². The highest BCUT2D eigenvalue weighted by Gasteiger charge is 2.30. The number of ether oxygens (including phenoxy) is 1. The fourth-order valence-electron chi connectivity index (χ4n) is 3.37. The number of amides is 1. The maximum absolute atomic E-state index is 12.4. The molecule has 2 heterocycles. The lowest BCUT2D eigenvalue weighted by Crippen LogP contribution is -2.46. The van der Waals surface area contributed by atoms with E-state index in [1.54, 1.807) is 0 Å². The quantitative estimate of drug-likeness (QED) is 0.882. The third-order valence-electron chi connectivity index (χ3n) is 4.68. The van der Waals surface area contributed by atoms with Crippen LogP contribution in [-0.4, -0.2) is 45.9 Å². The molecular weight excluding hydrogens is 316 g/mol. The first kappa shape index (κ1) is 17.6. The summed E-state index contributed by atoms with van der Waals surface area (Å²) in [6, 6.07) is 6.36. The Bertz CT molecular complexity index is 734. The normalized spacial score (nSPS) is 19.7. The standard InChI is InChI=1S/C19H28N4O2/c1-13(21-16-8-5-9-17-15(16)11-20-22-17)14-7-6-10-23(12-14)18(24)25-19(2,3)4/h5,8-9,11,13-14,21H,6-7,10,12H2,1-4H3,(H,20,22). The van der Waals surface area contributed by atoms with Gasteiger partial charge in [-0.15, -0.1) is 0 Å². The van der Waals surface area contributed by atoms with Crippen molar-refractivity contribution in [3.63, 3.8) is 0 Å². The summed E-state index contributed by atoms with van der Waals surface area (Å²) < 4.78 is 5.52. The zero-order valence-electron chi connectivity index (χ0n) is 15.5. The van der Waals surface area contributed by atoms with Crippen LogP contribution in [0.5, 0.6) is 0 Å². The van der Waals surface area contributed by atoms with E-state index in [0.717, 1.165) is 42.5 Å². The molecule has 2 aromatic rings. The van der Waals surface area contributed by atoms with Crippen LogP contribution in [0.15, 0.2) is 24.4 Å². The molecular formula is C19H28N4O2. The van der Waals surface area contributed by atoms with Crippen LogP contribution < -0.4 is 5.32 Å².